The number of carbonyl (C=O) groups excluding carboxylic acids is 1. The molecule has 0 spiro atoms. The Morgan fingerprint density at radius 2 is 1.96 bits per heavy atom. The van der Waals surface area contributed by atoms with Crippen molar-refractivity contribution in [1.29, 1.82) is 0 Å². The predicted molar refractivity (Wildman–Crippen MR) is 95.4 cm³/mol. The Balaban J connectivity index is 1.36. The Kier molecular flexibility index (Phi) is 3.71. The van der Waals surface area contributed by atoms with Crippen LogP contribution in [-0.2, 0) is 4.84 Å². The van der Waals surface area contributed by atoms with E-state index in [9.17, 15) is 4.79 Å². The number of nitrogens with zero attached hydrogens (tertiary/aromatic N) is 4. The number of aromatic nitrogens is 2. The summed E-state index contributed by atoms with van der Waals surface area (Å²) in [5.74, 6) is 2.19. The van der Waals surface area contributed by atoms with Gasteiger partial charge in [-0.05, 0) is 38.5 Å². The average Bonchev–Trinajstić information content (AvgIpc) is 3.02. The monoisotopic (exact) mass is 344 g/mol. The molecule has 0 aromatic carbocycles. The van der Waals surface area contributed by atoms with Crippen LogP contribution in [0.15, 0.2) is 17.7 Å². The van der Waals surface area contributed by atoms with Crippen molar-refractivity contribution >= 4 is 11.6 Å². The molecule has 3 atom stereocenters. The second-order valence-electron chi connectivity index (χ2n) is 8.86. The molecule has 1 amide bonds. The van der Waals surface area contributed by atoms with E-state index < -0.39 is 0 Å². The van der Waals surface area contributed by atoms with Crippen LogP contribution < -0.4 is 0 Å². The van der Waals surface area contributed by atoms with Crippen molar-refractivity contribution in [2.75, 3.05) is 13.1 Å². The molecule has 1 aliphatic carbocycles. The molecular weight excluding hydrogens is 316 g/mol. The number of hydrogen-bond donors (Lipinski definition) is 0. The topological polar surface area (TPSA) is 59.7 Å². The third-order valence-corrected chi connectivity index (χ3v) is 6.14. The highest BCUT2D eigenvalue weighted by Gasteiger charge is 2.60. The van der Waals surface area contributed by atoms with Gasteiger partial charge in [0.2, 0.25) is 0 Å². The van der Waals surface area contributed by atoms with Crippen LogP contribution in [0.3, 0.4) is 0 Å². The van der Waals surface area contributed by atoms with Crippen molar-refractivity contribution in [3.63, 3.8) is 0 Å². The van der Waals surface area contributed by atoms with Gasteiger partial charge in [0.1, 0.15) is 11.3 Å². The van der Waals surface area contributed by atoms with E-state index >= 15 is 0 Å². The summed E-state index contributed by atoms with van der Waals surface area (Å²) in [6.07, 6.45) is 4.59. The van der Waals surface area contributed by atoms with E-state index in [1.54, 1.807) is 6.33 Å². The fraction of sp³-hybridized carbons (Fsp3) is 0.737. The first kappa shape index (κ1) is 16.6. The molecule has 3 aliphatic rings. The van der Waals surface area contributed by atoms with Crippen LogP contribution in [0.5, 0.6) is 0 Å². The quantitative estimate of drug-likeness (QED) is 0.844. The minimum Gasteiger partial charge on any atom is -0.389 e. The Bertz CT molecular complexity index is 709. The van der Waals surface area contributed by atoms with Gasteiger partial charge >= 0.3 is 0 Å². The van der Waals surface area contributed by atoms with Crippen LogP contribution in [0.25, 0.3) is 0 Å². The molecule has 0 N–H and O–H groups in total. The van der Waals surface area contributed by atoms with E-state index in [0.717, 1.165) is 19.5 Å². The summed E-state index contributed by atoms with van der Waals surface area (Å²) < 4.78 is 2.05. The van der Waals surface area contributed by atoms with E-state index in [2.05, 4.69) is 44.8 Å². The molecule has 6 heteroatoms. The fourth-order valence-corrected chi connectivity index (χ4v) is 4.22. The minimum atomic E-state index is -0.165. The highest BCUT2D eigenvalue weighted by Crippen LogP contribution is 2.54. The van der Waals surface area contributed by atoms with Crippen molar-refractivity contribution < 1.29 is 9.63 Å². The third kappa shape index (κ3) is 2.85. The van der Waals surface area contributed by atoms with E-state index in [4.69, 9.17) is 4.84 Å². The van der Waals surface area contributed by atoms with E-state index in [1.165, 1.54) is 5.71 Å². The lowest BCUT2D eigenvalue weighted by molar-refractivity contribution is 0.0123. The van der Waals surface area contributed by atoms with Crippen molar-refractivity contribution in [3.05, 3.63) is 18.2 Å². The predicted octanol–water partition coefficient (Wildman–Crippen LogP) is 2.97. The molecule has 1 saturated carbocycles. The van der Waals surface area contributed by atoms with Crippen molar-refractivity contribution in [1.82, 2.24) is 14.5 Å². The zero-order valence-corrected chi connectivity index (χ0v) is 15.8. The highest BCUT2D eigenvalue weighted by atomic mass is 16.7. The zero-order valence-electron chi connectivity index (χ0n) is 15.8. The van der Waals surface area contributed by atoms with Crippen LogP contribution >= 0.6 is 0 Å². The smallest absolute Gasteiger partial charge is 0.274 e. The first-order chi connectivity index (χ1) is 11.8. The standard InChI is InChI=1S/C19H28N4O2/c1-11(2)12(3)23-9-16(20-10-23)18(24)22-7-13-14(8-22)17(13)15-6-19(4,5)25-21-15/h9-14,17H,6-8H2,1-5H3/t12-,13?,14?,17?/m0/s1. The Morgan fingerprint density at radius 1 is 1.28 bits per heavy atom. The molecule has 1 saturated heterocycles. The molecule has 2 fully saturated rings. The molecule has 1 aromatic rings. The number of piperidine rings is 1. The largest absolute Gasteiger partial charge is 0.389 e. The Morgan fingerprint density at radius 3 is 2.52 bits per heavy atom. The SMILES string of the molecule is CC(C)[C@H](C)n1cnc(C(=O)N2CC3C(C2)C3C2=NOC(C)(C)C2)c1. The number of imidazole rings is 1. The number of amides is 1. The number of fused-ring (bicyclic) bond motifs is 1. The van der Waals surface area contributed by atoms with Gasteiger partial charge in [0.25, 0.3) is 5.91 Å². The maximum Gasteiger partial charge on any atom is 0.274 e. The van der Waals surface area contributed by atoms with Crippen molar-refractivity contribution in [2.45, 2.75) is 52.7 Å². The van der Waals surface area contributed by atoms with Crippen LogP contribution in [0.2, 0.25) is 0 Å². The second-order valence-corrected chi connectivity index (χ2v) is 8.86. The number of likely N-dealkylation sites (tertiary alicyclic amines) is 1. The molecule has 25 heavy (non-hydrogen) atoms. The van der Waals surface area contributed by atoms with Crippen LogP contribution in [-0.4, -0.2) is 44.8 Å². The summed E-state index contributed by atoms with van der Waals surface area (Å²) in [6.45, 7) is 12.3. The van der Waals surface area contributed by atoms with Crippen molar-refractivity contribution in [3.8, 4) is 0 Å². The van der Waals surface area contributed by atoms with Crippen LogP contribution in [0, 0.1) is 23.7 Å². The molecule has 136 valence electrons. The molecular formula is C19H28N4O2. The lowest BCUT2D eigenvalue weighted by Crippen LogP contribution is -2.33. The van der Waals surface area contributed by atoms with Crippen LogP contribution in [0.1, 0.15) is 57.6 Å². The summed E-state index contributed by atoms with van der Waals surface area (Å²) in [5, 5.41) is 4.30. The zero-order chi connectivity index (χ0) is 17.9. The molecule has 2 unspecified atom stereocenters. The maximum atomic E-state index is 12.7. The lowest BCUT2D eigenvalue weighted by Gasteiger charge is -2.19. The normalized spacial score (nSPS) is 30.9. The molecule has 1 aromatic heterocycles. The molecule has 4 rings (SSSR count). The third-order valence-electron chi connectivity index (χ3n) is 6.14. The number of oxime groups is 1. The summed E-state index contributed by atoms with van der Waals surface area (Å²) in [5.41, 5.74) is 1.59. The Labute approximate surface area is 149 Å². The van der Waals surface area contributed by atoms with Crippen LogP contribution in [0.4, 0.5) is 0 Å². The molecule has 2 aliphatic heterocycles. The Hall–Kier alpha value is -1.85. The van der Waals surface area contributed by atoms with Gasteiger partial charge in [-0.1, -0.05) is 19.0 Å². The van der Waals surface area contributed by atoms with Gasteiger partial charge in [-0.25, -0.2) is 4.98 Å². The van der Waals surface area contributed by atoms with Gasteiger partial charge in [-0.3, -0.25) is 4.79 Å². The number of hydrogen-bond acceptors (Lipinski definition) is 4. The van der Waals surface area contributed by atoms with Gasteiger partial charge in [-0.15, -0.1) is 0 Å². The molecule has 3 heterocycles. The second kappa shape index (κ2) is 5.58. The first-order valence-electron chi connectivity index (χ1n) is 9.34. The number of carbonyl (C=O) groups is 1. The van der Waals surface area contributed by atoms with E-state index in [1.807, 2.05) is 15.7 Å². The number of rotatable bonds is 4. The molecule has 0 radical (unpaired) electrons. The van der Waals surface area contributed by atoms with Gasteiger partial charge in [0.05, 0.1) is 12.0 Å². The van der Waals surface area contributed by atoms with Crippen molar-refractivity contribution in [2.24, 2.45) is 28.8 Å². The molecule has 0 bridgehead atoms. The average molecular weight is 344 g/mol. The van der Waals surface area contributed by atoms with Gasteiger partial charge in [0, 0.05) is 37.7 Å². The summed E-state index contributed by atoms with van der Waals surface area (Å²) in [4.78, 5) is 24.6. The highest BCUT2D eigenvalue weighted by molar-refractivity contribution is 5.94. The van der Waals surface area contributed by atoms with Gasteiger partial charge < -0.3 is 14.3 Å². The fourth-order valence-electron chi connectivity index (χ4n) is 4.22. The summed E-state index contributed by atoms with van der Waals surface area (Å²) in [6, 6.07) is 0.342. The summed E-state index contributed by atoms with van der Waals surface area (Å²) in [7, 11) is 0. The maximum absolute atomic E-state index is 12.7. The van der Waals surface area contributed by atoms with E-state index in [-0.39, 0.29) is 11.5 Å². The van der Waals surface area contributed by atoms with Gasteiger partial charge in [0.15, 0.2) is 0 Å². The van der Waals surface area contributed by atoms with Gasteiger partial charge in [-0.2, -0.15) is 0 Å². The first-order valence-corrected chi connectivity index (χ1v) is 9.34. The van der Waals surface area contributed by atoms with E-state index in [0.29, 0.717) is 35.4 Å². The minimum absolute atomic E-state index is 0.0607. The molecule has 6 nitrogen and oxygen atoms in total. The summed E-state index contributed by atoms with van der Waals surface area (Å²) >= 11 is 0. The lowest BCUT2D eigenvalue weighted by atomic mass is 9.98.